The second-order valence-corrected chi connectivity index (χ2v) is 5.00. The molecule has 1 aromatic rings. The van der Waals surface area contributed by atoms with Crippen molar-refractivity contribution in [3.05, 3.63) is 11.9 Å². The fourth-order valence-corrected chi connectivity index (χ4v) is 2.39. The molecule has 1 rings (SSSR count). The molecule has 7 heteroatoms. The summed E-state index contributed by atoms with van der Waals surface area (Å²) in [7, 11) is -3.66. The molecule has 1 aromatic heterocycles. The van der Waals surface area contributed by atoms with Crippen molar-refractivity contribution in [1.29, 1.82) is 0 Å². The normalized spacial score (nSPS) is 13.8. The fraction of sp³-hybridized carbons (Fsp3) is 0.500. The topological polar surface area (TPSA) is 91.9 Å². The van der Waals surface area contributed by atoms with Gasteiger partial charge < -0.3 is 0 Å². The molecule has 0 saturated heterocycles. The highest BCUT2D eigenvalue weighted by Gasteiger charge is 2.22. The average Bonchev–Trinajstić information content (AvgIpc) is 2.50. The van der Waals surface area contributed by atoms with Crippen LogP contribution in [0.25, 0.3) is 0 Å². The number of aromatic nitrogens is 2. The Morgan fingerprint density at radius 1 is 1.60 bits per heavy atom. The molecule has 0 amide bonds. The second kappa shape index (κ2) is 4.11. The number of carbonyl (C=O) groups is 1. The zero-order valence-corrected chi connectivity index (χ0v) is 9.55. The van der Waals surface area contributed by atoms with Gasteiger partial charge in [-0.25, -0.2) is 13.1 Å². The largest absolute Gasteiger partial charge is 0.298 e. The Morgan fingerprint density at radius 2 is 2.20 bits per heavy atom. The minimum absolute atomic E-state index is 0.0654. The summed E-state index contributed by atoms with van der Waals surface area (Å²) in [6.07, 6.45) is 1.21. The lowest BCUT2D eigenvalue weighted by molar-refractivity contribution is -0.118. The number of nitrogens with one attached hydrogen (secondary N) is 2. The van der Waals surface area contributed by atoms with Crippen molar-refractivity contribution in [3.8, 4) is 0 Å². The smallest absolute Gasteiger partial charge is 0.244 e. The first kappa shape index (κ1) is 11.9. The van der Waals surface area contributed by atoms with E-state index in [0.29, 0.717) is 5.69 Å². The van der Waals surface area contributed by atoms with Crippen molar-refractivity contribution in [2.75, 3.05) is 0 Å². The Balaban J connectivity index is 2.96. The standard InChI is InChI=1S/C8H13N3O3S/c1-5(7(3)12)11-15(13,14)8-4-9-10-6(8)2/h4-5,11H,1-3H3,(H,9,10). The van der Waals surface area contributed by atoms with E-state index in [9.17, 15) is 13.2 Å². The van der Waals surface area contributed by atoms with Crippen LogP contribution < -0.4 is 4.72 Å². The van der Waals surface area contributed by atoms with E-state index in [4.69, 9.17) is 0 Å². The van der Waals surface area contributed by atoms with E-state index in [1.807, 2.05) is 0 Å². The molecule has 1 atom stereocenters. The Bertz CT molecular complexity index is 463. The summed E-state index contributed by atoms with van der Waals surface area (Å²) in [6.45, 7) is 4.42. The van der Waals surface area contributed by atoms with Crippen molar-refractivity contribution < 1.29 is 13.2 Å². The fourth-order valence-electron chi connectivity index (χ4n) is 0.990. The Labute approximate surface area is 88.1 Å². The van der Waals surface area contributed by atoms with E-state index < -0.39 is 16.1 Å². The van der Waals surface area contributed by atoms with Crippen molar-refractivity contribution in [2.24, 2.45) is 0 Å². The van der Waals surface area contributed by atoms with Crippen LogP contribution in [0.2, 0.25) is 0 Å². The van der Waals surface area contributed by atoms with E-state index in [2.05, 4.69) is 14.9 Å². The van der Waals surface area contributed by atoms with Crippen LogP contribution in [0.5, 0.6) is 0 Å². The third-order valence-corrected chi connectivity index (χ3v) is 3.67. The molecular weight excluding hydrogens is 218 g/mol. The molecule has 0 aliphatic rings. The lowest BCUT2D eigenvalue weighted by atomic mass is 10.3. The van der Waals surface area contributed by atoms with Crippen LogP contribution in [0, 0.1) is 6.92 Å². The molecule has 0 radical (unpaired) electrons. The summed E-state index contributed by atoms with van der Waals surface area (Å²) in [5.41, 5.74) is 0.443. The van der Waals surface area contributed by atoms with Crippen molar-refractivity contribution in [1.82, 2.24) is 14.9 Å². The van der Waals surface area contributed by atoms with E-state index in [0.717, 1.165) is 0 Å². The van der Waals surface area contributed by atoms with Crippen molar-refractivity contribution >= 4 is 15.8 Å². The van der Waals surface area contributed by atoms with Crippen LogP contribution in [0.15, 0.2) is 11.1 Å². The maximum absolute atomic E-state index is 11.7. The number of carbonyl (C=O) groups excluding carboxylic acids is 1. The number of H-pyrrole nitrogens is 1. The van der Waals surface area contributed by atoms with Crippen LogP contribution in [-0.2, 0) is 14.8 Å². The predicted molar refractivity (Wildman–Crippen MR) is 53.8 cm³/mol. The second-order valence-electron chi connectivity index (χ2n) is 3.31. The zero-order chi connectivity index (χ0) is 11.6. The molecular formula is C8H13N3O3S. The van der Waals surface area contributed by atoms with Crippen molar-refractivity contribution in [3.63, 3.8) is 0 Å². The highest BCUT2D eigenvalue weighted by Crippen LogP contribution is 2.11. The molecule has 0 spiro atoms. The number of sulfonamides is 1. The number of hydrogen-bond acceptors (Lipinski definition) is 4. The molecule has 0 aromatic carbocycles. The monoisotopic (exact) mass is 231 g/mol. The number of nitrogens with zero attached hydrogens (tertiary/aromatic N) is 1. The molecule has 84 valence electrons. The first-order valence-corrected chi connectivity index (χ1v) is 5.85. The number of ketones is 1. The Kier molecular flexibility index (Phi) is 3.25. The van der Waals surface area contributed by atoms with Crippen molar-refractivity contribution in [2.45, 2.75) is 31.7 Å². The molecule has 15 heavy (non-hydrogen) atoms. The molecule has 0 fully saturated rings. The van der Waals surface area contributed by atoms with Gasteiger partial charge in [-0.2, -0.15) is 5.10 Å². The van der Waals surface area contributed by atoms with E-state index in [-0.39, 0.29) is 10.7 Å². The van der Waals surface area contributed by atoms with Crippen LogP contribution >= 0.6 is 0 Å². The summed E-state index contributed by atoms with van der Waals surface area (Å²) in [6, 6.07) is -0.732. The van der Waals surface area contributed by atoms with E-state index in [1.54, 1.807) is 6.92 Å². The Hall–Kier alpha value is -1.21. The lowest BCUT2D eigenvalue weighted by Gasteiger charge is -2.10. The highest BCUT2D eigenvalue weighted by molar-refractivity contribution is 7.89. The molecule has 1 heterocycles. The van der Waals surface area contributed by atoms with Crippen LogP contribution in [0.4, 0.5) is 0 Å². The SMILES string of the molecule is CC(=O)C(C)NS(=O)(=O)c1cn[nH]c1C. The predicted octanol–water partition coefficient (Wildman–Crippen LogP) is -0.0261. The van der Waals surface area contributed by atoms with Gasteiger partial charge in [-0.15, -0.1) is 0 Å². The van der Waals surface area contributed by atoms with Gasteiger partial charge in [-0.1, -0.05) is 0 Å². The molecule has 0 saturated carbocycles. The lowest BCUT2D eigenvalue weighted by Crippen LogP contribution is -2.37. The summed E-state index contributed by atoms with van der Waals surface area (Å²) in [5.74, 6) is -0.236. The minimum atomic E-state index is -3.66. The Morgan fingerprint density at radius 3 is 2.60 bits per heavy atom. The van der Waals surface area contributed by atoms with E-state index >= 15 is 0 Å². The number of rotatable bonds is 4. The first-order valence-electron chi connectivity index (χ1n) is 4.37. The first-order chi connectivity index (χ1) is 6.84. The highest BCUT2D eigenvalue weighted by atomic mass is 32.2. The van der Waals surface area contributed by atoms with Crippen LogP contribution in [0.3, 0.4) is 0 Å². The number of hydrogen-bond donors (Lipinski definition) is 2. The van der Waals surface area contributed by atoms with Gasteiger partial charge in [-0.3, -0.25) is 9.89 Å². The summed E-state index contributed by atoms with van der Waals surface area (Å²) < 4.78 is 25.7. The summed E-state index contributed by atoms with van der Waals surface area (Å²) in [4.78, 5) is 11.0. The molecule has 0 aliphatic heterocycles. The average molecular weight is 231 g/mol. The molecule has 2 N–H and O–H groups in total. The van der Waals surface area contributed by atoms with Gasteiger partial charge in [0.1, 0.15) is 10.7 Å². The van der Waals surface area contributed by atoms with Crippen LogP contribution in [-0.4, -0.2) is 30.4 Å². The maximum Gasteiger partial charge on any atom is 0.244 e. The molecule has 0 bridgehead atoms. The minimum Gasteiger partial charge on any atom is -0.298 e. The van der Waals surface area contributed by atoms with Gasteiger partial charge >= 0.3 is 0 Å². The summed E-state index contributed by atoms with van der Waals surface area (Å²) >= 11 is 0. The van der Waals surface area contributed by atoms with E-state index in [1.165, 1.54) is 20.0 Å². The molecule has 0 aliphatic carbocycles. The van der Waals surface area contributed by atoms with Gasteiger partial charge in [0.05, 0.1) is 17.9 Å². The number of aryl methyl sites for hydroxylation is 1. The van der Waals surface area contributed by atoms with Gasteiger partial charge in [-0.05, 0) is 20.8 Å². The van der Waals surface area contributed by atoms with Gasteiger partial charge in [0.15, 0.2) is 0 Å². The third kappa shape index (κ3) is 2.63. The van der Waals surface area contributed by atoms with Crippen LogP contribution in [0.1, 0.15) is 19.5 Å². The van der Waals surface area contributed by atoms with Gasteiger partial charge in [0.2, 0.25) is 10.0 Å². The number of Topliss-reactive ketones (excluding diaryl/α,β-unsaturated/α-hetero) is 1. The molecule has 1 unspecified atom stereocenters. The van der Waals surface area contributed by atoms with Gasteiger partial charge in [0, 0.05) is 0 Å². The number of aromatic amines is 1. The quantitative estimate of drug-likeness (QED) is 0.761. The third-order valence-electron chi connectivity index (χ3n) is 2.01. The maximum atomic E-state index is 11.7. The summed E-state index contributed by atoms with van der Waals surface area (Å²) in [5, 5.41) is 6.13. The molecule has 6 nitrogen and oxygen atoms in total. The van der Waals surface area contributed by atoms with Gasteiger partial charge in [0.25, 0.3) is 0 Å². The zero-order valence-electron chi connectivity index (χ0n) is 8.73.